The Morgan fingerprint density at radius 1 is 1.05 bits per heavy atom. The lowest BCUT2D eigenvalue weighted by atomic mass is 9.92. The molecule has 1 aromatic rings. The predicted octanol–water partition coefficient (Wildman–Crippen LogP) is 3.41. The molecule has 0 bridgehead atoms. The number of urea groups is 1. The molecule has 1 aliphatic heterocycles. The van der Waals surface area contributed by atoms with Gasteiger partial charge in [0.1, 0.15) is 0 Å². The summed E-state index contributed by atoms with van der Waals surface area (Å²) in [5, 5.41) is 3.02. The first-order chi connectivity index (χ1) is 9.81. The molecule has 1 N–H and O–H groups in total. The summed E-state index contributed by atoms with van der Waals surface area (Å²) in [6, 6.07) is 10.2. The van der Waals surface area contributed by atoms with E-state index < -0.39 is 0 Å². The molecule has 1 saturated heterocycles. The normalized spacial score (nSPS) is 19.9. The average molecular weight is 272 g/mol. The van der Waals surface area contributed by atoms with Crippen LogP contribution in [0.4, 0.5) is 4.79 Å². The predicted molar refractivity (Wildman–Crippen MR) is 80.3 cm³/mol. The molecule has 108 valence electrons. The molecular formula is C17H24N2O. The summed E-state index contributed by atoms with van der Waals surface area (Å²) in [4.78, 5) is 14.1. The van der Waals surface area contributed by atoms with E-state index in [1.165, 1.54) is 32.1 Å². The Kier molecular flexibility index (Phi) is 4.24. The number of hydrogen-bond acceptors (Lipinski definition) is 1. The van der Waals surface area contributed by atoms with Gasteiger partial charge in [0.25, 0.3) is 0 Å². The number of nitrogens with one attached hydrogen (secondary N) is 1. The molecule has 2 amide bonds. The zero-order chi connectivity index (χ0) is 13.8. The van der Waals surface area contributed by atoms with Gasteiger partial charge in [-0.3, -0.25) is 0 Å². The number of amides is 2. The zero-order valence-corrected chi connectivity index (χ0v) is 12.1. The van der Waals surface area contributed by atoms with Crippen molar-refractivity contribution in [2.24, 2.45) is 11.8 Å². The Labute approximate surface area is 121 Å². The third-order valence-electron chi connectivity index (χ3n) is 4.55. The first-order valence-corrected chi connectivity index (χ1v) is 7.88. The van der Waals surface area contributed by atoms with Gasteiger partial charge in [0.05, 0.1) is 0 Å². The van der Waals surface area contributed by atoms with Crippen molar-refractivity contribution in [1.29, 1.82) is 0 Å². The second-order valence-electron chi connectivity index (χ2n) is 6.25. The number of benzene rings is 1. The molecule has 20 heavy (non-hydrogen) atoms. The summed E-state index contributed by atoms with van der Waals surface area (Å²) in [6.45, 7) is 2.48. The van der Waals surface area contributed by atoms with Crippen LogP contribution in [0, 0.1) is 11.8 Å². The summed E-state index contributed by atoms with van der Waals surface area (Å²) >= 11 is 0. The van der Waals surface area contributed by atoms with Gasteiger partial charge < -0.3 is 10.2 Å². The molecule has 0 spiro atoms. The van der Waals surface area contributed by atoms with Crippen LogP contribution in [0.1, 0.15) is 37.7 Å². The quantitative estimate of drug-likeness (QED) is 0.895. The van der Waals surface area contributed by atoms with Crippen LogP contribution in [0.25, 0.3) is 0 Å². The van der Waals surface area contributed by atoms with Gasteiger partial charge in [0.15, 0.2) is 0 Å². The van der Waals surface area contributed by atoms with Crippen LogP contribution in [0.3, 0.4) is 0 Å². The molecule has 0 radical (unpaired) electrons. The number of likely N-dealkylation sites (tertiary alicyclic amines) is 1. The van der Waals surface area contributed by atoms with Crippen molar-refractivity contribution in [3.05, 3.63) is 35.9 Å². The fourth-order valence-electron chi connectivity index (χ4n) is 3.08. The highest BCUT2D eigenvalue weighted by Gasteiger charge is 2.29. The standard InChI is InChI=1S/C17H24N2O/c20-17(18-13-16-4-2-1-3-5-16)19-10-8-15(9-11-19)12-14-6-7-14/h1-5,14-15H,6-13H2,(H,18,20). The van der Waals surface area contributed by atoms with E-state index in [1.54, 1.807) is 0 Å². The molecule has 3 heteroatoms. The minimum absolute atomic E-state index is 0.0960. The zero-order valence-electron chi connectivity index (χ0n) is 12.1. The van der Waals surface area contributed by atoms with Gasteiger partial charge in [-0.1, -0.05) is 43.2 Å². The molecular weight excluding hydrogens is 248 g/mol. The van der Waals surface area contributed by atoms with Crippen molar-refractivity contribution in [2.75, 3.05) is 13.1 Å². The number of nitrogens with zero attached hydrogens (tertiary/aromatic N) is 1. The Balaban J connectivity index is 1.39. The van der Waals surface area contributed by atoms with E-state index in [0.29, 0.717) is 6.54 Å². The van der Waals surface area contributed by atoms with E-state index >= 15 is 0 Å². The monoisotopic (exact) mass is 272 g/mol. The number of piperidine rings is 1. The van der Waals surface area contributed by atoms with Crippen molar-refractivity contribution < 1.29 is 4.79 Å². The van der Waals surface area contributed by atoms with Gasteiger partial charge in [0, 0.05) is 19.6 Å². The smallest absolute Gasteiger partial charge is 0.317 e. The summed E-state index contributed by atoms with van der Waals surface area (Å²) in [7, 11) is 0. The largest absolute Gasteiger partial charge is 0.334 e. The van der Waals surface area contributed by atoms with Gasteiger partial charge in [0.2, 0.25) is 0 Å². The first kappa shape index (κ1) is 13.5. The molecule has 0 aromatic heterocycles. The second kappa shape index (κ2) is 6.29. The van der Waals surface area contributed by atoms with Crippen LogP contribution in [-0.4, -0.2) is 24.0 Å². The van der Waals surface area contributed by atoms with Crippen LogP contribution in [0.15, 0.2) is 30.3 Å². The first-order valence-electron chi connectivity index (χ1n) is 7.88. The third-order valence-corrected chi connectivity index (χ3v) is 4.55. The molecule has 3 rings (SSSR count). The van der Waals surface area contributed by atoms with Gasteiger partial charge in [-0.05, 0) is 36.7 Å². The highest BCUT2D eigenvalue weighted by molar-refractivity contribution is 5.74. The number of hydrogen-bond donors (Lipinski definition) is 1. The van der Waals surface area contributed by atoms with E-state index in [0.717, 1.165) is 30.5 Å². The Hall–Kier alpha value is -1.51. The van der Waals surface area contributed by atoms with E-state index in [-0.39, 0.29) is 6.03 Å². The van der Waals surface area contributed by atoms with E-state index in [4.69, 9.17) is 0 Å². The Bertz CT molecular complexity index is 434. The number of carbonyl (C=O) groups is 1. The van der Waals surface area contributed by atoms with E-state index in [9.17, 15) is 4.79 Å². The highest BCUT2D eigenvalue weighted by atomic mass is 16.2. The van der Waals surface area contributed by atoms with Crippen molar-refractivity contribution in [3.63, 3.8) is 0 Å². The maximum absolute atomic E-state index is 12.1. The van der Waals surface area contributed by atoms with Crippen LogP contribution in [0.5, 0.6) is 0 Å². The van der Waals surface area contributed by atoms with E-state index in [1.807, 2.05) is 35.2 Å². The van der Waals surface area contributed by atoms with Crippen molar-refractivity contribution in [3.8, 4) is 0 Å². The molecule has 0 atom stereocenters. The highest BCUT2D eigenvalue weighted by Crippen LogP contribution is 2.38. The SMILES string of the molecule is O=C(NCc1ccccc1)N1CCC(CC2CC2)CC1. The fraction of sp³-hybridized carbons (Fsp3) is 0.588. The van der Waals surface area contributed by atoms with Crippen molar-refractivity contribution in [2.45, 2.75) is 38.6 Å². The minimum atomic E-state index is 0.0960. The number of rotatable bonds is 4. The number of carbonyl (C=O) groups excluding carboxylic acids is 1. The third kappa shape index (κ3) is 3.75. The van der Waals surface area contributed by atoms with Crippen molar-refractivity contribution >= 4 is 6.03 Å². The van der Waals surface area contributed by atoms with Gasteiger partial charge in [-0.15, -0.1) is 0 Å². The Morgan fingerprint density at radius 2 is 1.70 bits per heavy atom. The average Bonchev–Trinajstić information content (AvgIpc) is 3.31. The fourth-order valence-corrected chi connectivity index (χ4v) is 3.08. The molecule has 1 aliphatic carbocycles. The van der Waals surface area contributed by atoms with Crippen LogP contribution >= 0.6 is 0 Å². The van der Waals surface area contributed by atoms with Gasteiger partial charge in [-0.2, -0.15) is 0 Å². The lowest BCUT2D eigenvalue weighted by Crippen LogP contribution is -2.44. The summed E-state index contributed by atoms with van der Waals surface area (Å²) < 4.78 is 0. The van der Waals surface area contributed by atoms with Crippen LogP contribution in [0.2, 0.25) is 0 Å². The molecule has 0 unspecified atom stereocenters. The molecule has 1 saturated carbocycles. The molecule has 2 fully saturated rings. The lowest BCUT2D eigenvalue weighted by molar-refractivity contribution is 0.166. The molecule has 1 heterocycles. The second-order valence-corrected chi connectivity index (χ2v) is 6.25. The molecule has 2 aliphatic rings. The van der Waals surface area contributed by atoms with Crippen LogP contribution in [-0.2, 0) is 6.54 Å². The maximum atomic E-state index is 12.1. The van der Waals surface area contributed by atoms with E-state index in [2.05, 4.69) is 5.32 Å². The minimum Gasteiger partial charge on any atom is -0.334 e. The molecule has 1 aromatic carbocycles. The topological polar surface area (TPSA) is 32.3 Å². The van der Waals surface area contributed by atoms with Gasteiger partial charge >= 0.3 is 6.03 Å². The Morgan fingerprint density at radius 3 is 2.35 bits per heavy atom. The van der Waals surface area contributed by atoms with Crippen molar-refractivity contribution in [1.82, 2.24) is 10.2 Å². The van der Waals surface area contributed by atoms with Crippen LogP contribution < -0.4 is 5.32 Å². The summed E-state index contributed by atoms with van der Waals surface area (Å²) in [5.41, 5.74) is 1.16. The summed E-state index contributed by atoms with van der Waals surface area (Å²) in [6.07, 6.45) is 6.67. The summed E-state index contributed by atoms with van der Waals surface area (Å²) in [5.74, 6) is 1.87. The molecule has 3 nitrogen and oxygen atoms in total. The van der Waals surface area contributed by atoms with Gasteiger partial charge in [-0.25, -0.2) is 4.79 Å². The lowest BCUT2D eigenvalue weighted by Gasteiger charge is -2.32. The maximum Gasteiger partial charge on any atom is 0.317 e.